The van der Waals surface area contributed by atoms with Crippen molar-refractivity contribution in [1.29, 1.82) is 0 Å². The first kappa shape index (κ1) is 19.0. The number of benzene rings is 1. The molecule has 0 atom stereocenters. The lowest BCUT2D eigenvalue weighted by molar-refractivity contribution is 0.0479. The van der Waals surface area contributed by atoms with Gasteiger partial charge in [-0.05, 0) is 31.2 Å². The van der Waals surface area contributed by atoms with Crippen molar-refractivity contribution in [2.24, 2.45) is 5.73 Å². The Labute approximate surface area is 170 Å². The molecule has 10 heteroatoms. The summed E-state index contributed by atoms with van der Waals surface area (Å²) in [4.78, 5) is 46.6. The Morgan fingerprint density at radius 3 is 2.50 bits per heavy atom. The number of nitrogens with zero attached hydrogens (tertiary/aromatic N) is 5. The zero-order valence-electron chi connectivity index (χ0n) is 16.1. The van der Waals surface area contributed by atoms with Crippen LogP contribution in [-0.2, 0) is 0 Å². The van der Waals surface area contributed by atoms with Crippen LogP contribution in [0.1, 0.15) is 26.4 Å². The van der Waals surface area contributed by atoms with Crippen LogP contribution in [0.15, 0.2) is 49.1 Å². The van der Waals surface area contributed by atoms with Gasteiger partial charge in [-0.1, -0.05) is 0 Å². The molecule has 3 heterocycles. The first-order chi connectivity index (χ1) is 14.5. The van der Waals surface area contributed by atoms with E-state index in [2.05, 4.69) is 19.9 Å². The van der Waals surface area contributed by atoms with Crippen molar-refractivity contribution in [3.8, 4) is 17.4 Å². The Kier molecular flexibility index (Phi) is 4.80. The van der Waals surface area contributed by atoms with Crippen molar-refractivity contribution >= 4 is 22.8 Å². The number of carbonyl (C=O) groups is 2. The number of hydrogen-bond acceptors (Lipinski definition) is 8. The molecule has 150 valence electrons. The molecule has 0 saturated heterocycles. The number of carbonyl (C=O) groups excluding carboxylic acids is 2. The fourth-order valence-corrected chi connectivity index (χ4v) is 2.91. The van der Waals surface area contributed by atoms with Crippen LogP contribution in [0.3, 0.4) is 0 Å². The van der Waals surface area contributed by atoms with Gasteiger partial charge in [0, 0.05) is 24.0 Å². The van der Waals surface area contributed by atoms with Crippen LogP contribution in [0.5, 0.6) is 5.75 Å². The normalized spacial score (nSPS) is 10.7. The summed E-state index contributed by atoms with van der Waals surface area (Å²) in [5.74, 6) is -0.181. The molecule has 0 aliphatic heterocycles. The highest BCUT2D eigenvalue weighted by Gasteiger charge is 2.20. The molecule has 2 N–H and O–H groups in total. The zero-order chi connectivity index (χ0) is 21.3. The van der Waals surface area contributed by atoms with Crippen molar-refractivity contribution in [3.05, 3.63) is 65.9 Å². The van der Waals surface area contributed by atoms with Gasteiger partial charge < -0.3 is 15.3 Å². The molecule has 0 spiro atoms. The Balaban J connectivity index is 1.67. The first-order valence-corrected chi connectivity index (χ1v) is 8.80. The minimum absolute atomic E-state index is 0.158. The Hall–Kier alpha value is -4.34. The smallest absolute Gasteiger partial charge is 0.366 e. The summed E-state index contributed by atoms with van der Waals surface area (Å²) in [6.45, 7) is 1.65. The monoisotopic (exact) mass is 404 g/mol. The summed E-state index contributed by atoms with van der Waals surface area (Å²) >= 11 is 0. The zero-order valence-corrected chi connectivity index (χ0v) is 16.1. The van der Waals surface area contributed by atoms with Gasteiger partial charge >= 0.3 is 5.97 Å². The molecule has 0 unspecified atom stereocenters. The van der Waals surface area contributed by atoms with E-state index in [1.165, 1.54) is 24.2 Å². The molecule has 1 amide bonds. The number of fused-ring (bicyclic) bond motifs is 1. The third-order valence-corrected chi connectivity index (χ3v) is 4.39. The number of rotatable bonds is 5. The Bertz CT molecular complexity index is 1270. The molecule has 10 nitrogen and oxygen atoms in total. The number of ether oxygens (including phenoxy) is 1. The predicted octanol–water partition coefficient (Wildman–Crippen LogP) is 1.57. The molecule has 30 heavy (non-hydrogen) atoms. The number of primary amides is 1. The Morgan fingerprint density at radius 1 is 1.07 bits per heavy atom. The van der Waals surface area contributed by atoms with E-state index < -0.39 is 11.9 Å². The van der Waals surface area contributed by atoms with E-state index in [9.17, 15) is 9.59 Å². The number of aryl methyl sites for hydroxylation is 1. The second-order valence-corrected chi connectivity index (χ2v) is 6.26. The van der Waals surface area contributed by atoms with Crippen LogP contribution in [0.2, 0.25) is 0 Å². The van der Waals surface area contributed by atoms with Gasteiger partial charge in [-0.2, -0.15) is 4.73 Å². The summed E-state index contributed by atoms with van der Waals surface area (Å²) < 4.78 is 6.37. The molecule has 4 aromatic rings. The maximum atomic E-state index is 12.7. The summed E-state index contributed by atoms with van der Waals surface area (Å²) in [7, 11) is 1.51. The van der Waals surface area contributed by atoms with Gasteiger partial charge in [0.05, 0.1) is 30.1 Å². The predicted molar refractivity (Wildman–Crippen MR) is 106 cm³/mol. The second-order valence-electron chi connectivity index (χ2n) is 6.26. The van der Waals surface area contributed by atoms with Crippen LogP contribution in [0.4, 0.5) is 0 Å². The lowest BCUT2D eigenvalue weighted by atomic mass is 10.1. The van der Waals surface area contributed by atoms with Gasteiger partial charge in [-0.15, -0.1) is 0 Å². The van der Waals surface area contributed by atoms with E-state index in [-0.39, 0.29) is 11.1 Å². The van der Waals surface area contributed by atoms with E-state index in [1.54, 1.807) is 43.6 Å². The first-order valence-electron chi connectivity index (χ1n) is 8.80. The molecule has 3 aromatic heterocycles. The van der Waals surface area contributed by atoms with Crippen LogP contribution in [0.25, 0.3) is 22.6 Å². The fraction of sp³-hybridized carbons (Fsp3) is 0.100. The van der Waals surface area contributed by atoms with Crippen LogP contribution in [0, 0.1) is 6.92 Å². The number of aromatic nitrogens is 5. The standard InChI is InChI=1S/C20H16N6O4/c1-11-14(9-24-19(25-11)18-22-6-3-7-23-18)20(28)30-26-10-15(17(21)27)13-8-12(29-2)4-5-16(13)26/h3-10H,1-2H3,(H2,21,27). The van der Waals surface area contributed by atoms with Crippen LogP contribution >= 0.6 is 0 Å². The van der Waals surface area contributed by atoms with Gasteiger partial charge in [-0.3, -0.25) is 4.79 Å². The highest BCUT2D eigenvalue weighted by molar-refractivity contribution is 6.06. The average Bonchev–Trinajstić information content (AvgIpc) is 3.12. The summed E-state index contributed by atoms with van der Waals surface area (Å²) in [6.07, 6.45) is 5.85. The molecule has 0 aliphatic rings. The third-order valence-electron chi connectivity index (χ3n) is 4.39. The summed E-state index contributed by atoms with van der Waals surface area (Å²) in [5.41, 5.74) is 6.68. The molecule has 0 bridgehead atoms. The van der Waals surface area contributed by atoms with Gasteiger partial charge in [0.1, 0.15) is 11.3 Å². The largest absolute Gasteiger partial charge is 0.497 e. The minimum atomic E-state index is -0.697. The lowest BCUT2D eigenvalue weighted by Crippen LogP contribution is -2.21. The highest BCUT2D eigenvalue weighted by atomic mass is 16.7. The lowest BCUT2D eigenvalue weighted by Gasteiger charge is -2.08. The topological polar surface area (TPSA) is 135 Å². The maximum Gasteiger partial charge on any atom is 0.366 e. The average molecular weight is 404 g/mol. The van der Waals surface area contributed by atoms with Crippen molar-refractivity contribution in [3.63, 3.8) is 0 Å². The molecular weight excluding hydrogens is 388 g/mol. The summed E-state index contributed by atoms with van der Waals surface area (Å²) in [5, 5.41) is 0.499. The van der Waals surface area contributed by atoms with Gasteiger partial charge in [0.15, 0.2) is 11.6 Å². The number of amides is 1. The summed E-state index contributed by atoms with van der Waals surface area (Å²) in [6, 6.07) is 6.66. The van der Waals surface area contributed by atoms with E-state index in [1.807, 2.05) is 0 Å². The molecule has 1 aromatic carbocycles. The van der Waals surface area contributed by atoms with Gasteiger partial charge in [0.2, 0.25) is 0 Å². The van der Waals surface area contributed by atoms with Crippen LogP contribution in [-0.4, -0.2) is 43.7 Å². The number of nitrogens with two attached hydrogens (primary N) is 1. The van der Waals surface area contributed by atoms with Crippen molar-refractivity contribution < 1.29 is 19.2 Å². The van der Waals surface area contributed by atoms with E-state index in [0.717, 1.165) is 0 Å². The van der Waals surface area contributed by atoms with Crippen LogP contribution < -0.4 is 15.3 Å². The molecule has 0 aliphatic carbocycles. The van der Waals surface area contributed by atoms with Crippen molar-refractivity contribution in [2.45, 2.75) is 6.92 Å². The fourth-order valence-electron chi connectivity index (χ4n) is 2.91. The minimum Gasteiger partial charge on any atom is -0.497 e. The van der Waals surface area contributed by atoms with E-state index in [0.29, 0.717) is 34.0 Å². The molecular formula is C20H16N6O4. The van der Waals surface area contributed by atoms with Gasteiger partial charge in [0.25, 0.3) is 5.91 Å². The second kappa shape index (κ2) is 7.59. The number of methoxy groups -OCH3 is 1. The SMILES string of the molecule is COc1ccc2c(c1)c(C(N)=O)cn2OC(=O)c1cnc(-c2ncccn2)nc1C. The maximum absolute atomic E-state index is 12.7. The van der Waals surface area contributed by atoms with Crippen molar-refractivity contribution in [1.82, 2.24) is 24.7 Å². The highest BCUT2D eigenvalue weighted by Crippen LogP contribution is 2.25. The molecule has 0 saturated carbocycles. The van der Waals surface area contributed by atoms with E-state index >= 15 is 0 Å². The number of hydrogen-bond donors (Lipinski definition) is 1. The third kappa shape index (κ3) is 3.41. The molecule has 4 rings (SSSR count). The van der Waals surface area contributed by atoms with Gasteiger partial charge in [-0.25, -0.2) is 24.7 Å². The van der Waals surface area contributed by atoms with Crippen molar-refractivity contribution in [2.75, 3.05) is 7.11 Å². The molecule has 0 fully saturated rings. The molecule has 0 radical (unpaired) electrons. The Morgan fingerprint density at radius 2 is 1.83 bits per heavy atom. The quantitative estimate of drug-likeness (QED) is 0.529. The van der Waals surface area contributed by atoms with E-state index in [4.69, 9.17) is 15.3 Å².